The predicted molar refractivity (Wildman–Crippen MR) is 289 cm³/mol. The van der Waals surface area contributed by atoms with Crippen LogP contribution in [0.15, 0.2) is 0 Å². The van der Waals surface area contributed by atoms with Gasteiger partial charge >= 0.3 is 40.2 Å². The first kappa shape index (κ1) is 93.4. The van der Waals surface area contributed by atoms with Crippen LogP contribution in [0, 0.1) is 0 Å². The zero-order chi connectivity index (χ0) is 35.7. The van der Waals surface area contributed by atoms with Crippen LogP contribution < -0.4 is 0 Å². The zero-order valence-corrected chi connectivity index (χ0v) is 38.9. The molecule has 0 radical (unpaired) electrons. The molecule has 0 heterocycles. The summed E-state index contributed by atoms with van der Waals surface area (Å²) in [7, 11) is -13.9. The molecule has 3 atom stereocenters. The Hall–Kier alpha value is 0.531. The lowest BCUT2D eigenvalue weighted by Gasteiger charge is -2.47. The van der Waals surface area contributed by atoms with Gasteiger partial charge in [0.1, 0.15) is 0 Å². The minimum Gasteiger partial charge on any atom is -0.469 e. The second kappa shape index (κ2) is 44.2. The van der Waals surface area contributed by atoms with E-state index in [4.69, 9.17) is 30.0 Å². The van der Waals surface area contributed by atoms with E-state index in [1.54, 1.807) is 0 Å². The lowest BCUT2D eigenvalue weighted by molar-refractivity contribution is -0.141. The molecule has 0 saturated carbocycles. The van der Waals surface area contributed by atoms with Gasteiger partial charge in [0, 0.05) is 13.2 Å². The van der Waals surface area contributed by atoms with Gasteiger partial charge < -0.3 is 30.0 Å². The molecule has 0 aliphatic carbocycles. The largest absolute Gasteiger partial charge is 0.469 e. The molecule has 0 spiro atoms. The van der Waals surface area contributed by atoms with E-state index in [1.165, 1.54) is 52.1 Å². The third-order valence-electron chi connectivity index (χ3n) is 7.46. The second-order valence-corrected chi connectivity index (χ2v) is 39.7. The number of unbranched alkanes of at least 4 members (excludes halogenated alkanes) is 8. The molecule has 0 aromatic heterocycles. The first-order chi connectivity index (χ1) is 21.0. The number of carbonyl (C=O) groups excluding carboxylic acids is 1. The van der Waals surface area contributed by atoms with E-state index in [0.29, 0.717) is 13.0 Å². The normalized spacial score (nSPS) is 13.2. The van der Waals surface area contributed by atoms with Gasteiger partial charge in [-0.3, -0.25) is 4.79 Å². The summed E-state index contributed by atoms with van der Waals surface area (Å²) in [5.74, 6) is -0.247. The smallest absolute Gasteiger partial charge is 0.331 e. The van der Waals surface area contributed by atoms with Crippen LogP contribution in [-0.2, 0) is 34.8 Å². The van der Waals surface area contributed by atoms with Crippen molar-refractivity contribution in [1.29, 1.82) is 0 Å². The maximum Gasteiger partial charge on any atom is 0.331 e. The molecule has 0 saturated heterocycles. The van der Waals surface area contributed by atoms with Crippen molar-refractivity contribution >= 4 is 56.8 Å². The van der Waals surface area contributed by atoms with Crippen LogP contribution in [0.5, 0.6) is 0 Å². The lowest BCUT2D eigenvalue weighted by atomic mass is 10.1. The summed E-state index contributed by atoms with van der Waals surface area (Å²) in [4.78, 5) is 13.7. The summed E-state index contributed by atoms with van der Waals surface area (Å²) in [5, 5.41) is 0. The second-order valence-electron chi connectivity index (χ2n) is 16.1. The Bertz CT molecular complexity index is 842. The highest BCUT2D eigenvalue weighted by molar-refractivity contribution is 6.92. The summed E-state index contributed by atoms with van der Waals surface area (Å²) in [5.41, 5.74) is -0.478. The minimum atomic E-state index is -3.30. The average molecular weight is 950 g/mol. The van der Waals surface area contributed by atoms with Crippen molar-refractivity contribution in [1.82, 2.24) is 0 Å². The fourth-order valence-electron chi connectivity index (χ4n) is 6.33. The van der Waals surface area contributed by atoms with Crippen LogP contribution in [-0.4, -0.2) is 77.2 Å². The lowest BCUT2D eigenvalue weighted by Crippen LogP contribution is -2.64. The van der Waals surface area contributed by atoms with Crippen molar-refractivity contribution in [3.05, 3.63) is 0 Å². The number of hydrogen-bond donors (Lipinski definition) is 0. The highest BCUT2D eigenvalue weighted by Gasteiger charge is 2.56. The Labute approximate surface area is 380 Å². The SMILES string of the molecule is C.C.C.C.C.C.C.C.C.C.C.C.CCCCCCCCCC(C(=O)OC)[Si](C)(O[Si](C)(C)O[Si](C)(C)C)O[Si@@](C)(CCCOCCCCC)O[Si](C)(C)O[Si](C)(C)C. The minimum absolute atomic E-state index is 0. The van der Waals surface area contributed by atoms with Crippen molar-refractivity contribution in [2.75, 3.05) is 20.3 Å². The van der Waals surface area contributed by atoms with Gasteiger partial charge in [-0.15, -0.1) is 0 Å². The number of methoxy groups -OCH3 is 1. The van der Waals surface area contributed by atoms with Crippen molar-refractivity contribution in [2.24, 2.45) is 0 Å². The van der Waals surface area contributed by atoms with Gasteiger partial charge in [-0.2, -0.15) is 0 Å². The average Bonchev–Trinajstić information content (AvgIpc) is 2.85. The molecule has 0 N–H and O–H groups in total. The Morgan fingerprint density at radius 1 is 0.448 bits per heavy atom. The number of ether oxygens (including phenoxy) is 2. The maximum absolute atomic E-state index is 13.7. The molecule has 372 valence electrons. The quantitative estimate of drug-likeness (QED) is 0.0436. The topological polar surface area (TPSA) is 81.7 Å². The Kier molecular flexibility index (Phi) is 71.1. The fraction of sp³-hybridized carbons (Fsp3) is 0.977. The van der Waals surface area contributed by atoms with E-state index in [-0.39, 0.29) is 95.1 Å². The summed E-state index contributed by atoms with van der Waals surface area (Å²) < 4.78 is 46.5. The van der Waals surface area contributed by atoms with E-state index >= 15 is 0 Å². The molecule has 0 rings (SSSR count). The number of hydrogen-bond acceptors (Lipinski definition) is 8. The fourth-order valence-corrected chi connectivity index (χ4v) is 35.8. The molecule has 14 heteroatoms. The standard InChI is InChI=1S/C32H76O8Si6.12CH4/c1-16-18-20-21-22-23-24-27-31(32(33)34-3)46(15,39-44(12,13)37-42(7,8)9)40-45(14,30-26-29-35-28-25-19-17-2)38-43(10,11)36-41(4,5)6;;;;;;;;;;;;/h31H,16-30H2,1-15H3;12*1H4/t31?,45-,46?;;;;;;;;;;;;/m0............/s1. The molecule has 0 aliphatic rings. The van der Waals surface area contributed by atoms with Crippen LogP contribution in [0.4, 0.5) is 0 Å². The third kappa shape index (κ3) is 46.0. The van der Waals surface area contributed by atoms with Gasteiger partial charge in [0.15, 0.2) is 16.6 Å². The van der Waals surface area contributed by atoms with Crippen molar-refractivity contribution in [3.8, 4) is 0 Å². The molecular weight excluding hydrogens is 825 g/mol. The summed E-state index contributed by atoms with van der Waals surface area (Å²) >= 11 is 0. The highest BCUT2D eigenvalue weighted by Crippen LogP contribution is 2.39. The molecule has 0 aliphatic heterocycles. The van der Waals surface area contributed by atoms with Gasteiger partial charge in [-0.25, -0.2) is 0 Å². The molecular formula is C44H124O8Si6. The Morgan fingerprint density at radius 3 is 1.21 bits per heavy atom. The van der Waals surface area contributed by atoms with E-state index < -0.39 is 56.4 Å². The van der Waals surface area contributed by atoms with Crippen LogP contribution in [0.1, 0.15) is 180 Å². The molecule has 58 heavy (non-hydrogen) atoms. The molecule has 0 bridgehead atoms. The number of esters is 1. The maximum atomic E-state index is 13.7. The van der Waals surface area contributed by atoms with Crippen LogP contribution in [0.3, 0.4) is 0 Å². The summed E-state index contributed by atoms with van der Waals surface area (Å²) in [6.45, 7) is 31.7. The van der Waals surface area contributed by atoms with Gasteiger partial charge in [-0.05, 0) is 104 Å². The van der Waals surface area contributed by atoms with Gasteiger partial charge in [0.2, 0.25) is 0 Å². The molecule has 0 aromatic carbocycles. The molecule has 0 aromatic rings. The first-order valence-corrected chi connectivity index (χ1v) is 35.6. The van der Waals surface area contributed by atoms with Crippen molar-refractivity contribution < 1.29 is 34.8 Å². The molecule has 0 fully saturated rings. The summed E-state index contributed by atoms with van der Waals surface area (Å²) in [6.07, 6.45) is 13.2. The third-order valence-corrected chi connectivity index (χ3v) is 30.0. The predicted octanol–water partition coefficient (Wildman–Crippen LogP) is 18.2. The molecule has 2 unspecified atom stereocenters. The van der Waals surface area contributed by atoms with Gasteiger partial charge in [0.05, 0.1) is 12.7 Å². The summed E-state index contributed by atoms with van der Waals surface area (Å²) in [6, 6.07) is 0.737. The van der Waals surface area contributed by atoms with Crippen LogP contribution in [0.25, 0.3) is 0 Å². The van der Waals surface area contributed by atoms with Crippen molar-refractivity contribution in [3.63, 3.8) is 0 Å². The van der Waals surface area contributed by atoms with E-state index in [2.05, 4.69) is 92.4 Å². The van der Waals surface area contributed by atoms with E-state index in [1.807, 2.05) is 0 Å². The monoisotopic (exact) mass is 949 g/mol. The van der Waals surface area contributed by atoms with Gasteiger partial charge in [0.25, 0.3) is 0 Å². The van der Waals surface area contributed by atoms with E-state index in [9.17, 15) is 4.79 Å². The molecule has 8 nitrogen and oxygen atoms in total. The number of rotatable bonds is 28. The highest BCUT2D eigenvalue weighted by atomic mass is 28.5. The Morgan fingerprint density at radius 2 is 0.810 bits per heavy atom. The Balaban J connectivity index is -0.000000153. The molecule has 0 amide bonds. The van der Waals surface area contributed by atoms with Crippen LogP contribution in [0.2, 0.25) is 90.1 Å². The first-order valence-electron chi connectivity index (χ1n) is 18.2. The number of carbonyl (C=O) groups is 1. The van der Waals surface area contributed by atoms with E-state index in [0.717, 1.165) is 38.3 Å². The zero-order valence-electron chi connectivity index (χ0n) is 32.9. The van der Waals surface area contributed by atoms with Crippen LogP contribution >= 0.6 is 0 Å². The van der Waals surface area contributed by atoms with Crippen molar-refractivity contribution in [2.45, 2.75) is 270 Å². The van der Waals surface area contributed by atoms with Gasteiger partial charge in [-0.1, -0.05) is 161 Å².